The number of para-hydroxylation sites is 1. The predicted octanol–water partition coefficient (Wildman–Crippen LogP) is 3.43. The molecule has 2 aliphatic rings. The van der Waals surface area contributed by atoms with E-state index in [0.717, 1.165) is 11.1 Å². The van der Waals surface area contributed by atoms with Crippen LogP contribution in [0.15, 0.2) is 48.5 Å². The van der Waals surface area contributed by atoms with Crippen LogP contribution in [0.2, 0.25) is 0 Å². The van der Waals surface area contributed by atoms with Gasteiger partial charge in [0.2, 0.25) is 11.6 Å². The predicted molar refractivity (Wildman–Crippen MR) is 108 cm³/mol. The average Bonchev–Trinajstić information content (AvgIpc) is 3.05. The van der Waals surface area contributed by atoms with Crippen LogP contribution in [-0.2, 0) is 20.9 Å². The second kappa shape index (κ2) is 7.03. The highest BCUT2D eigenvalue weighted by molar-refractivity contribution is 6.15. The summed E-state index contributed by atoms with van der Waals surface area (Å²) < 4.78 is 5.68. The van der Waals surface area contributed by atoms with Gasteiger partial charge in [-0.15, -0.1) is 0 Å². The van der Waals surface area contributed by atoms with Gasteiger partial charge in [0, 0.05) is 18.9 Å². The van der Waals surface area contributed by atoms with E-state index in [1.54, 1.807) is 24.3 Å². The molecule has 0 radical (unpaired) electrons. The zero-order valence-corrected chi connectivity index (χ0v) is 16.8. The Balaban J connectivity index is 1.75. The Morgan fingerprint density at radius 2 is 1.79 bits per heavy atom. The second-order valence-corrected chi connectivity index (χ2v) is 7.89. The molecule has 1 atom stereocenters. The summed E-state index contributed by atoms with van der Waals surface area (Å²) in [5.74, 6) is -1.00. The number of hydrogen-bond donors (Lipinski definition) is 0. The fourth-order valence-corrected chi connectivity index (χ4v) is 4.32. The molecule has 0 bridgehead atoms. The van der Waals surface area contributed by atoms with Crippen molar-refractivity contribution >= 4 is 23.5 Å². The normalized spacial score (nSPS) is 20.7. The second-order valence-electron chi connectivity index (χ2n) is 7.89. The SMILES string of the molecule is Cc1ccc(COC(=O)C23CCC(=O)N2c2ccccc2C(=O)N3C(C)C)cc1. The van der Waals surface area contributed by atoms with E-state index < -0.39 is 11.6 Å². The zero-order valence-electron chi connectivity index (χ0n) is 16.8. The summed E-state index contributed by atoms with van der Waals surface area (Å²) in [7, 11) is 0. The van der Waals surface area contributed by atoms with Gasteiger partial charge in [-0.25, -0.2) is 4.79 Å². The van der Waals surface area contributed by atoms with Crippen LogP contribution in [0.5, 0.6) is 0 Å². The van der Waals surface area contributed by atoms with Crippen molar-refractivity contribution in [2.45, 2.75) is 51.9 Å². The van der Waals surface area contributed by atoms with Crippen molar-refractivity contribution in [2.24, 2.45) is 0 Å². The number of hydrogen-bond acceptors (Lipinski definition) is 4. The topological polar surface area (TPSA) is 66.9 Å². The fourth-order valence-electron chi connectivity index (χ4n) is 4.32. The van der Waals surface area contributed by atoms with Gasteiger partial charge in [-0.2, -0.15) is 0 Å². The Morgan fingerprint density at radius 3 is 2.48 bits per heavy atom. The molecule has 29 heavy (non-hydrogen) atoms. The third-order valence-corrected chi connectivity index (χ3v) is 5.63. The van der Waals surface area contributed by atoms with Gasteiger partial charge in [0.05, 0.1) is 11.3 Å². The van der Waals surface area contributed by atoms with Crippen LogP contribution in [-0.4, -0.2) is 34.4 Å². The van der Waals surface area contributed by atoms with Crippen LogP contribution >= 0.6 is 0 Å². The van der Waals surface area contributed by atoms with E-state index in [0.29, 0.717) is 11.3 Å². The van der Waals surface area contributed by atoms with E-state index in [1.165, 1.54) is 9.80 Å². The first-order valence-electron chi connectivity index (χ1n) is 9.85. The number of carbonyl (C=O) groups excluding carboxylic acids is 3. The molecule has 1 fully saturated rings. The lowest BCUT2D eigenvalue weighted by Gasteiger charge is -2.50. The van der Waals surface area contributed by atoms with Crippen molar-refractivity contribution in [3.63, 3.8) is 0 Å². The number of esters is 1. The molecule has 0 N–H and O–H groups in total. The van der Waals surface area contributed by atoms with Crippen LogP contribution in [0.3, 0.4) is 0 Å². The van der Waals surface area contributed by atoms with E-state index in [2.05, 4.69) is 0 Å². The van der Waals surface area contributed by atoms with Gasteiger partial charge in [-0.3, -0.25) is 14.5 Å². The Kier molecular flexibility index (Phi) is 4.65. The monoisotopic (exact) mass is 392 g/mol. The lowest BCUT2D eigenvalue weighted by Crippen LogP contribution is -2.70. The summed E-state index contributed by atoms with van der Waals surface area (Å²) in [6.45, 7) is 5.77. The Labute approximate surface area is 170 Å². The van der Waals surface area contributed by atoms with Gasteiger partial charge in [-0.1, -0.05) is 42.0 Å². The molecule has 150 valence electrons. The molecule has 0 saturated carbocycles. The first-order valence-corrected chi connectivity index (χ1v) is 9.85. The zero-order chi connectivity index (χ0) is 20.8. The van der Waals surface area contributed by atoms with E-state index >= 15 is 0 Å². The summed E-state index contributed by atoms with van der Waals surface area (Å²) in [5, 5.41) is 0. The van der Waals surface area contributed by atoms with Crippen LogP contribution in [0.25, 0.3) is 0 Å². The van der Waals surface area contributed by atoms with Crippen molar-refractivity contribution in [3.05, 3.63) is 65.2 Å². The maximum absolute atomic E-state index is 13.4. The summed E-state index contributed by atoms with van der Waals surface area (Å²) in [6.07, 6.45) is 0.404. The van der Waals surface area contributed by atoms with Crippen molar-refractivity contribution in [3.8, 4) is 0 Å². The highest BCUT2D eigenvalue weighted by Gasteiger charge is 2.62. The minimum absolute atomic E-state index is 0.0880. The van der Waals surface area contributed by atoms with Crippen molar-refractivity contribution < 1.29 is 19.1 Å². The lowest BCUT2D eigenvalue weighted by molar-refractivity contribution is -0.159. The molecule has 2 aliphatic heterocycles. The Morgan fingerprint density at radius 1 is 1.10 bits per heavy atom. The van der Waals surface area contributed by atoms with Gasteiger partial charge < -0.3 is 9.64 Å². The number of rotatable bonds is 4. The largest absolute Gasteiger partial charge is 0.458 e. The molecular weight excluding hydrogens is 368 g/mol. The van der Waals surface area contributed by atoms with Crippen LogP contribution < -0.4 is 4.90 Å². The fraction of sp³-hybridized carbons (Fsp3) is 0.348. The smallest absolute Gasteiger partial charge is 0.354 e. The van der Waals surface area contributed by atoms with E-state index in [-0.39, 0.29) is 37.3 Å². The Bertz CT molecular complexity index is 983. The van der Waals surface area contributed by atoms with Crippen molar-refractivity contribution in [2.75, 3.05) is 4.90 Å². The number of ether oxygens (including phenoxy) is 1. The first-order chi connectivity index (χ1) is 13.9. The Hall–Kier alpha value is -3.15. The van der Waals surface area contributed by atoms with Gasteiger partial charge in [0.25, 0.3) is 5.91 Å². The third kappa shape index (κ3) is 2.90. The van der Waals surface area contributed by atoms with Crippen molar-refractivity contribution in [1.29, 1.82) is 0 Å². The number of nitrogens with zero attached hydrogens (tertiary/aromatic N) is 2. The molecule has 1 saturated heterocycles. The molecule has 2 amide bonds. The quantitative estimate of drug-likeness (QED) is 0.748. The van der Waals surface area contributed by atoms with E-state index in [4.69, 9.17) is 4.74 Å². The van der Waals surface area contributed by atoms with Gasteiger partial charge in [0.15, 0.2) is 0 Å². The molecule has 6 nitrogen and oxygen atoms in total. The number of amides is 2. The number of fused-ring (bicyclic) bond motifs is 3. The molecule has 4 rings (SSSR count). The minimum Gasteiger partial charge on any atom is -0.458 e. The molecular formula is C23H24N2O4. The van der Waals surface area contributed by atoms with E-state index in [1.807, 2.05) is 45.0 Å². The number of anilines is 1. The van der Waals surface area contributed by atoms with Crippen LogP contribution in [0.4, 0.5) is 5.69 Å². The maximum atomic E-state index is 13.4. The molecule has 0 spiro atoms. The summed E-state index contributed by atoms with van der Waals surface area (Å²) in [6, 6.07) is 14.4. The standard InChI is InChI=1S/C23H24N2O4/c1-15(2)24-21(27)18-6-4-5-7-19(18)25-20(26)12-13-23(24,25)22(28)29-14-17-10-8-16(3)9-11-17/h4-11,15H,12-14H2,1-3H3. The molecule has 2 aromatic rings. The maximum Gasteiger partial charge on any atom is 0.354 e. The summed E-state index contributed by atoms with van der Waals surface area (Å²) in [5.41, 5.74) is 1.44. The van der Waals surface area contributed by atoms with Gasteiger partial charge in [-0.05, 0) is 38.5 Å². The molecule has 0 aromatic heterocycles. The van der Waals surface area contributed by atoms with Gasteiger partial charge >= 0.3 is 5.97 Å². The number of benzene rings is 2. The molecule has 1 unspecified atom stereocenters. The number of carbonyl (C=O) groups is 3. The highest BCUT2D eigenvalue weighted by Crippen LogP contribution is 2.46. The summed E-state index contributed by atoms with van der Waals surface area (Å²) >= 11 is 0. The molecule has 6 heteroatoms. The lowest BCUT2D eigenvalue weighted by atomic mass is 9.95. The van der Waals surface area contributed by atoms with Crippen LogP contribution in [0.1, 0.15) is 48.2 Å². The molecule has 0 aliphatic carbocycles. The first kappa shape index (κ1) is 19.2. The van der Waals surface area contributed by atoms with Gasteiger partial charge in [0.1, 0.15) is 6.61 Å². The van der Waals surface area contributed by atoms with E-state index in [9.17, 15) is 14.4 Å². The summed E-state index contributed by atoms with van der Waals surface area (Å²) in [4.78, 5) is 42.6. The minimum atomic E-state index is -1.44. The average molecular weight is 392 g/mol. The molecule has 2 aromatic carbocycles. The molecule has 2 heterocycles. The number of aryl methyl sites for hydroxylation is 1. The van der Waals surface area contributed by atoms with Crippen molar-refractivity contribution in [1.82, 2.24) is 4.90 Å². The van der Waals surface area contributed by atoms with Crippen LogP contribution in [0, 0.1) is 6.92 Å². The highest BCUT2D eigenvalue weighted by atomic mass is 16.5. The third-order valence-electron chi connectivity index (χ3n) is 5.63.